The van der Waals surface area contributed by atoms with E-state index < -0.39 is 0 Å². The zero-order valence-electron chi connectivity index (χ0n) is 16.5. The maximum absolute atomic E-state index is 5.56. The van der Waals surface area contributed by atoms with Crippen LogP contribution in [0.5, 0.6) is 23.0 Å². The van der Waals surface area contributed by atoms with Crippen LogP contribution in [-0.2, 0) is 0 Å². The Morgan fingerprint density at radius 2 is 1.69 bits per heavy atom. The average molecular weight is 412 g/mol. The fraction of sp³-hybridized carbons (Fsp3) is 0.250. The summed E-state index contributed by atoms with van der Waals surface area (Å²) in [4.78, 5) is 0. The van der Waals surface area contributed by atoms with E-state index in [9.17, 15) is 0 Å². The van der Waals surface area contributed by atoms with Gasteiger partial charge in [0.15, 0.2) is 17.3 Å². The number of fused-ring (bicyclic) bond motifs is 1. The van der Waals surface area contributed by atoms with Crippen molar-refractivity contribution in [2.75, 3.05) is 34.2 Å². The van der Waals surface area contributed by atoms with Crippen LogP contribution in [0, 0.1) is 0 Å². The second-order valence-corrected chi connectivity index (χ2v) is 7.00. The first-order valence-electron chi connectivity index (χ1n) is 8.80. The molecule has 150 valence electrons. The number of para-hydroxylation sites is 1. The summed E-state index contributed by atoms with van der Waals surface area (Å²) in [5.74, 6) is 3.86. The van der Waals surface area contributed by atoms with Gasteiger partial charge in [-0.2, -0.15) is 9.78 Å². The highest BCUT2D eigenvalue weighted by atomic mass is 32.2. The minimum Gasteiger partial charge on any atom is -0.497 e. The number of nitrogens with zero attached hydrogens (tertiary/aromatic N) is 4. The van der Waals surface area contributed by atoms with Crippen LogP contribution in [0.1, 0.15) is 5.56 Å². The summed E-state index contributed by atoms with van der Waals surface area (Å²) >= 11 is 1.55. The quantitative estimate of drug-likeness (QED) is 0.614. The molecule has 1 aromatic heterocycles. The lowest BCUT2D eigenvalue weighted by Crippen LogP contribution is -2.15. The van der Waals surface area contributed by atoms with Crippen LogP contribution < -0.4 is 18.9 Å². The molecular weight excluding hydrogens is 392 g/mol. The van der Waals surface area contributed by atoms with Gasteiger partial charge in [-0.05, 0) is 30.3 Å². The fourth-order valence-corrected chi connectivity index (χ4v) is 3.96. The SMILES string of the molecule is COc1ccc(OC)c(C2=Nn3c(nnc3-c3cccc(OC)c3OC)SC2)c1. The largest absolute Gasteiger partial charge is 0.497 e. The number of hydrogen-bond donors (Lipinski definition) is 0. The van der Waals surface area contributed by atoms with E-state index in [2.05, 4.69) is 10.2 Å². The molecule has 8 nitrogen and oxygen atoms in total. The van der Waals surface area contributed by atoms with Crippen LogP contribution in [0.15, 0.2) is 46.7 Å². The summed E-state index contributed by atoms with van der Waals surface area (Å²) in [7, 11) is 6.47. The predicted molar refractivity (Wildman–Crippen MR) is 111 cm³/mol. The molecule has 9 heteroatoms. The number of benzene rings is 2. The molecule has 3 aromatic rings. The fourth-order valence-electron chi connectivity index (χ4n) is 3.13. The topological polar surface area (TPSA) is 80.0 Å². The number of methoxy groups -OCH3 is 4. The summed E-state index contributed by atoms with van der Waals surface area (Å²) in [6.45, 7) is 0. The highest BCUT2D eigenvalue weighted by molar-refractivity contribution is 7.99. The van der Waals surface area contributed by atoms with E-state index in [0.717, 1.165) is 28.3 Å². The molecule has 0 fully saturated rings. The summed E-state index contributed by atoms with van der Waals surface area (Å²) in [6, 6.07) is 11.3. The van der Waals surface area contributed by atoms with Crippen molar-refractivity contribution in [3.05, 3.63) is 42.0 Å². The molecule has 2 heterocycles. The zero-order valence-corrected chi connectivity index (χ0v) is 17.3. The summed E-state index contributed by atoms with van der Waals surface area (Å²) in [6.07, 6.45) is 0. The van der Waals surface area contributed by atoms with Gasteiger partial charge in [0.05, 0.1) is 39.7 Å². The van der Waals surface area contributed by atoms with Gasteiger partial charge in [-0.3, -0.25) is 0 Å². The van der Waals surface area contributed by atoms with Crippen LogP contribution in [0.25, 0.3) is 11.4 Å². The number of aromatic nitrogens is 3. The lowest BCUT2D eigenvalue weighted by molar-refractivity contribution is 0.356. The third kappa shape index (κ3) is 3.38. The van der Waals surface area contributed by atoms with E-state index in [-0.39, 0.29) is 0 Å². The molecule has 0 spiro atoms. The molecule has 0 aliphatic carbocycles. The van der Waals surface area contributed by atoms with Crippen LogP contribution in [0.3, 0.4) is 0 Å². The van der Waals surface area contributed by atoms with Crippen molar-refractivity contribution in [3.63, 3.8) is 0 Å². The van der Waals surface area contributed by atoms with Crippen LogP contribution in [0.2, 0.25) is 0 Å². The number of rotatable bonds is 6. The third-order valence-corrected chi connectivity index (χ3v) is 5.46. The summed E-state index contributed by atoms with van der Waals surface area (Å²) in [5.41, 5.74) is 2.44. The van der Waals surface area contributed by atoms with Crippen molar-refractivity contribution in [1.82, 2.24) is 14.9 Å². The smallest absolute Gasteiger partial charge is 0.212 e. The summed E-state index contributed by atoms with van der Waals surface area (Å²) < 4.78 is 23.6. The Labute approximate surface area is 172 Å². The Balaban J connectivity index is 1.85. The zero-order chi connectivity index (χ0) is 20.4. The van der Waals surface area contributed by atoms with Gasteiger partial charge in [0.2, 0.25) is 5.16 Å². The molecule has 0 N–H and O–H groups in total. The first kappa shape index (κ1) is 19.1. The van der Waals surface area contributed by atoms with Gasteiger partial charge in [0.25, 0.3) is 0 Å². The molecule has 0 amide bonds. The molecule has 29 heavy (non-hydrogen) atoms. The van der Waals surface area contributed by atoms with Gasteiger partial charge in [-0.1, -0.05) is 17.8 Å². The first-order valence-corrected chi connectivity index (χ1v) is 9.78. The maximum Gasteiger partial charge on any atom is 0.212 e. The van der Waals surface area contributed by atoms with Crippen LogP contribution in [-0.4, -0.2) is 54.8 Å². The first-order chi connectivity index (χ1) is 14.2. The van der Waals surface area contributed by atoms with Gasteiger partial charge in [0, 0.05) is 11.3 Å². The molecule has 1 aliphatic heterocycles. The van der Waals surface area contributed by atoms with E-state index in [1.54, 1.807) is 44.9 Å². The maximum atomic E-state index is 5.56. The Morgan fingerprint density at radius 1 is 0.862 bits per heavy atom. The number of ether oxygens (including phenoxy) is 4. The highest BCUT2D eigenvalue weighted by Crippen LogP contribution is 2.39. The molecule has 0 saturated carbocycles. The second-order valence-electron chi connectivity index (χ2n) is 6.06. The van der Waals surface area contributed by atoms with Gasteiger partial charge in [-0.25, -0.2) is 0 Å². The van der Waals surface area contributed by atoms with Crippen molar-refractivity contribution in [1.29, 1.82) is 0 Å². The molecule has 0 unspecified atom stereocenters. The number of thioether (sulfide) groups is 1. The van der Waals surface area contributed by atoms with E-state index in [1.165, 1.54) is 0 Å². The monoisotopic (exact) mass is 412 g/mol. The van der Waals surface area contributed by atoms with E-state index in [0.29, 0.717) is 28.2 Å². The van der Waals surface area contributed by atoms with Crippen molar-refractivity contribution < 1.29 is 18.9 Å². The molecule has 0 bridgehead atoms. The lowest BCUT2D eigenvalue weighted by atomic mass is 10.1. The molecular formula is C20H20N4O4S. The predicted octanol–water partition coefficient (Wildman–Crippen LogP) is 3.34. The Bertz CT molecular complexity index is 1080. The minimum absolute atomic E-state index is 0.572. The van der Waals surface area contributed by atoms with Crippen molar-refractivity contribution in [3.8, 4) is 34.4 Å². The van der Waals surface area contributed by atoms with E-state index >= 15 is 0 Å². The van der Waals surface area contributed by atoms with Gasteiger partial charge < -0.3 is 18.9 Å². The summed E-state index contributed by atoms with van der Waals surface area (Å²) in [5, 5.41) is 14.2. The molecule has 2 aromatic carbocycles. The third-order valence-electron chi connectivity index (χ3n) is 4.53. The molecule has 1 aliphatic rings. The number of hydrogen-bond acceptors (Lipinski definition) is 8. The van der Waals surface area contributed by atoms with Crippen LogP contribution >= 0.6 is 11.8 Å². The van der Waals surface area contributed by atoms with Crippen molar-refractivity contribution >= 4 is 17.5 Å². The molecule has 0 radical (unpaired) electrons. The molecule has 0 saturated heterocycles. The van der Waals surface area contributed by atoms with Crippen molar-refractivity contribution in [2.45, 2.75) is 5.16 Å². The highest BCUT2D eigenvalue weighted by Gasteiger charge is 2.25. The normalized spacial score (nSPS) is 12.8. The Kier molecular flexibility index (Phi) is 5.30. The van der Waals surface area contributed by atoms with E-state index in [4.69, 9.17) is 24.0 Å². The van der Waals surface area contributed by atoms with Gasteiger partial charge in [-0.15, -0.1) is 10.2 Å². The van der Waals surface area contributed by atoms with Crippen molar-refractivity contribution in [2.24, 2.45) is 5.10 Å². The van der Waals surface area contributed by atoms with Gasteiger partial charge >= 0.3 is 0 Å². The Morgan fingerprint density at radius 3 is 2.41 bits per heavy atom. The Hall–Kier alpha value is -3.20. The van der Waals surface area contributed by atoms with E-state index in [1.807, 2.05) is 36.4 Å². The minimum atomic E-state index is 0.572. The molecule has 0 atom stereocenters. The second kappa shape index (κ2) is 8.04. The lowest BCUT2D eigenvalue weighted by Gasteiger charge is -2.17. The molecule has 4 rings (SSSR count). The van der Waals surface area contributed by atoms with Crippen LogP contribution in [0.4, 0.5) is 0 Å². The average Bonchev–Trinajstić information content (AvgIpc) is 3.20. The standard InChI is InChI=1S/C20H20N4O4S/c1-25-12-8-9-16(26-2)14(10-12)15-11-29-20-22-21-19(24(20)23-15)13-6-5-7-17(27-3)18(13)28-4/h5-10H,11H2,1-4H3. The van der Waals surface area contributed by atoms with Gasteiger partial charge in [0.1, 0.15) is 11.5 Å².